The van der Waals surface area contributed by atoms with Gasteiger partial charge in [-0.05, 0) is 44.0 Å². The number of halogens is 1. The molecule has 0 bridgehead atoms. The Balaban J connectivity index is 1.80. The molecule has 0 aliphatic carbocycles. The molecular formula is C17H24ClNO2. The van der Waals surface area contributed by atoms with Crippen LogP contribution in [0.2, 0.25) is 5.02 Å². The third-order valence-corrected chi connectivity index (χ3v) is 4.69. The van der Waals surface area contributed by atoms with Crippen molar-refractivity contribution in [2.75, 3.05) is 19.8 Å². The molecule has 116 valence electrons. The summed E-state index contributed by atoms with van der Waals surface area (Å²) in [7, 11) is 0. The molecule has 0 saturated carbocycles. The van der Waals surface area contributed by atoms with E-state index in [1.165, 1.54) is 12.0 Å². The van der Waals surface area contributed by atoms with Crippen molar-refractivity contribution in [1.82, 2.24) is 5.32 Å². The first kappa shape index (κ1) is 15.1. The van der Waals surface area contributed by atoms with Gasteiger partial charge in [-0.25, -0.2) is 0 Å². The predicted octanol–water partition coefficient (Wildman–Crippen LogP) is 3.96. The molecule has 3 atom stereocenters. The van der Waals surface area contributed by atoms with Crippen LogP contribution in [0.15, 0.2) is 18.2 Å². The topological polar surface area (TPSA) is 30.5 Å². The maximum absolute atomic E-state index is 6.26. The zero-order chi connectivity index (χ0) is 14.7. The molecule has 2 aliphatic heterocycles. The number of nitrogens with one attached hydrogen (secondary N) is 1. The van der Waals surface area contributed by atoms with Crippen LogP contribution in [0.1, 0.15) is 44.2 Å². The molecule has 0 spiro atoms. The first-order valence-corrected chi connectivity index (χ1v) is 8.43. The lowest BCUT2D eigenvalue weighted by Gasteiger charge is -2.38. The van der Waals surface area contributed by atoms with Gasteiger partial charge in [-0.2, -0.15) is 0 Å². The van der Waals surface area contributed by atoms with E-state index in [1.54, 1.807) is 0 Å². The molecule has 4 heteroatoms. The van der Waals surface area contributed by atoms with E-state index in [4.69, 9.17) is 21.1 Å². The van der Waals surface area contributed by atoms with E-state index in [9.17, 15) is 0 Å². The first-order valence-electron chi connectivity index (χ1n) is 8.05. The van der Waals surface area contributed by atoms with Crippen molar-refractivity contribution in [3.8, 4) is 5.75 Å². The van der Waals surface area contributed by atoms with Crippen molar-refractivity contribution in [2.24, 2.45) is 5.92 Å². The molecule has 3 nitrogen and oxygen atoms in total. The molecule has 1 aromatic carbocycles. The molecule has 0 aromatic heterocycles. The molecule has 0 radical (unpaired) electrons. The zero-order valence-electron chi connectivity index (χ0n) is 12.6. The van der Waals surface area contributed by atoms with Gasteiger partial charge in [0.05, 0.1) is 6.61 Å². The van der Waals surface area contributed by atoms with E-state index in [1.807, 2.05) is 18.2 Å². The molecule has 21 heavy (non-hydrogen) atoms. The molecule has 3 unspecified atom stereocenters. The third-order valence-electron chi connectivity index (χ3n) is 4.46. The summed E-state index contributed by atoms with van der Waals surface area (Å²) in [5.74, 6) is 1.49. The Morgan fingerprint density at radius 2 is 2.29 bits per heavy atom. The summed E-state index contributed by atoms with van der Waals surface area (Å²) in [6, 6.07) is 6.29. The van der Waals surface area contributed by atoms with Crippen molar-refractivity contribution in [3.05, 3.63) is 28.8 Å². The molecular weight excluding hydrogens is 286 g/mol. The van der Waals surface area contributed by atoms with Crippen LogP contribution in [0.3, 0.4) is 0 Å². The van der Waals surface area contributed by atoms with Crippen molar-refractivity contribution in [2.45, 2.75) is 44.8 Å². The van der Waals surface area contributed by atoms with Crippen LogP contribution >= 0.6 is 11.6 Å². The van der Waals surface area contributed by atoms with Gasteiger partial charge in [0.15, 0.2) is 0 Å². The fourth-order valence-electron chi connectivity index (χ4n) is 3.33. The van der Waals surface area contributed by atoms with E-state index in [-0.39, 0.29) is 6.10 Å². The van der Waals surface area contributed by atoms with Gasteiger partial charge >= 0.3 is 0 Å². The zero-order valence-corrected chi connectivity index (χ0v) is 13.4. The summed E-state index contributed by atoms with van der Waals surface area (Å²) in [6.07, 6.45) is 4.72. The van der Waals surface area contributed by atoms with Gasteiger partial charge in [0.1, 0.15) is 11.9 Å². The summed E-state index contributed by atoms with van der Waals surface area (Å²) in [5.41, 5.74) is 1.20. The smallest absolute Gasteiger partial charge is 0.124 e. The fourth-order valence-corrected chi connectivity index (χ4v) is 3.51. The second-order valence-electron chi connectivity index (χ2n) is 6.06. The lowest BCUT2D eigenvalue weighted by molar-refractivity contribution is -0.0110. The van der Waals surface area contributed by atoms with E-state index >= 15 is 0 Å². The van der Waals surface area contributed by atoms with E-state index in [2.05, 4.69) is 12.2 Å². The van der Waals surface area contributed by atoms with E-state index in [0.717, 1.165) is 49.8 Å². The highest BCUT2D eigenvalue weighted by Gasteiger charge is 2.34. The second-order valence-corrected chi connectivity index (χ2v) is 6.49. The van der Waals surface area contributed by atoms with Crippen molar-refractivity contribution < 1.29 is 9.47 Å². The number of hydrogen-bond donors (Lipinski definition) is 1. The van der Waals surface area contributed by atoms with Crippen LogP contribution in [-0.4, -0.2) is 25.9 Å². The van der Waals surface area contributed by atoms with E-state index in [0.29, 0.717) is 12.0 Å². The van der Waals surface area contributed by atoms with Gasteiger partial charge in [0.25, 0.3) is 0 Å². The maximum atomic E-state index is 6.26. The lowest BCUT2D eigenvalue weighted by Crippen LogP contribution is -2.40. The molecule has 2 heterocycles. The first-order chi connectivity index (χ1) is 10.3. The molecule has 2 aliphatic rings. The summed E-state index contributed by atoms with van der Waals surface area (Å²) in [6.45, 7) is 4.93. The number of hydrogen-bond acceptors (Lipinski definition) is 3. The molecule has 0 amide bonds. The molecule has 3 rings (SSSR count). The largest absolute Gasteiger partial charge is 0.490 e. The quantitative estimate of drug-likeness (QED) is 0.913. The number of benzene rings is 1. The standard InChI is InChI=1S/C17H24ClNO2/c1-2-7-19-15-10-17(12-4-3-8-20-11-12)21-16-6-5-13(18)9-14(15)16/h5-6,9,12,15,17,19H,2-4,7-8,10-11H2,1H3. The summed E-state index contributed by atoms with van der Waals surface area (Å²) < 4.78 is 11.9. The van der Waals surface area contributed by atoms with Crippen LogP contribution in [-0.2, 0) is 4.74 Å². The highest BCUT2D eigenvalue weighted by Crippen LogP contribution is 2.39. The van der Waals surface area contributed by atoms with Gasteiger partial charge in [-0.15, -0.1) is 0 Å². The Labute approximate surface area is 132 Å². The van der Waals surface area contributed by atoms with Gasteiger partial charge in [-0.1, -0.05) is 18.5 Å². The van der Waals surface area contributed by atoms with Gasteiger partial charge in [-0.3, -0.25) is 0 Å². The molecule has 1 saturated heterocycles. The SMILES string of the molecule is CCCNC1CC(C2CCCOC2)Oc2ccc(Cl)cc21. The van der Waals surface area contributed by atoms with Crippen LogP contribution < -0.4 is 10.1 Å². The average Bonchev–Trinajstić information content (AvgIpc) is 2.53. The normalized spacial score (nSPS) is 28.8. The Kier molecular flexibility index (Phi) is 5.04. The minimum atomic E-state index is 0.244. The van der Waals surface area contributed by atoms with Crippen LogP contribution in [0.4, 0.5) is 0 Å². The van der Waals surface area contributed by atoms with Gasteiger partial charge in [0, 0.05) is 35.6 Å². The fraction of sp³-hybridized carbons (Fsp3) is 0.647. The molecule has 1 N–H and O–H groups in total. The van der Waals surface area contributed by atoms with Gasteiger partial charge in [0.2, 0.25) is 0 Å². The monoisotopic (exact) mass is 309 g/mol. The highest BCUT2D eigenvalue weighted by atomic mass is 35.5. The average molecular weight is 310 g/mol. The predicted molar refractivity (Wildman–Crippen MR) is 85.1 cm³/mol. The lowest BCUT2D eigenvalue weighted by atomic mass is 9.87. The minimum Gasteiger partial charge on any atom is -0.490 e. The van der Waals surface area contributed by atoms with Crippen LogP contribution in [0.5, 0.6) is 5.75 Å². The van der Waals surface area contributed by atoms with E-state index < -0.39 is 0 Å². The van der Waals surface area contributed by atoms with Gasteiger partial charge < -0.3 is 14.8 Å². The Bertz CT molecular complexity index is 474. The molecule has 1 fully saturated rings. The second kappa shape index (κ2) is 6.99. The van der Waals surface area contributed by atoms with Crippen molar-refractivity contribution >= 4 is 11.6 Å². The van der Waals surface area contributed by atoms with Crippen LogP contribution in [0, 0.1) is 5.92 Å². The Morgan fingerprint density at radius 1 is 1.38 bits per heavy atom. The maximum Gasteiger partial charge on any atom is 0.124 e. The van der Waals surface area contributed by atoms with Crippen molar-refractivity contribution in [3.63, 3.8) is 0 Å². The van der Waals surface area contributed by atoms with Crippen molar-refractivity contribution in [1.29, 1.82) is 0 Å². The number of ether oxygens (including phenoxy) is 2. The highest BCUT2D eigenvalue weighted by molar-refractivity contribution is 6.30. The Morgan fingerprint density at radius 3 is 3.05 bits per heavy atom. The minimum absolute atomic E-state index is 0.244. The Hall–Kier alpha value is -0.770. The number of fused-ring (bicyclic) bond motifs is 1. The summed E-state index contributed by atoms with van der Waals surface area (Å²) in [5, 5.41) is 4.42. The third kappa shape index (κ3) is 3.53. The number of rotatable bonds is 4. The molecule has 1 aromatic rings. The summed E-state index contributed by atoms with van der Waals surface area (Å²) in [4.78, 5) is 0. The summed E-state index contributed by atoms with van der Waals surface area (Å²) >= 11 is 6.16. The van der Waals surface area contributed by atoms with Crippen LogP contribution in [0.25, 0.3) is 0 Å².